The van der Waals surface area contributed by atoms with Gasteiger partial charge >= 0.3 is 0 Å². The predicted molar refractivity (Wildman–Crippen MR) is 93.2 cm³/mol. The van der Waals surface area contributed by atoms with Crippen molar-refractivity contribution in [2.45, 2.75) is 51.3 Å². The third kappa shape index (κ3) is 2.19. The zero-order valence-corrected chi connectivity index (χ0v) is 15.5. The van der Waals surface area contributed by atoms with Crippen molar-refractivity contribution in [3.8, 4) is 0 Å². The molecule has 0 aromatic carbocycles. The summed E-state index contributed by atoms with van der Waals surface area (Å²) in [5.41, 5.74) is -3.49. The molecule has 7 atom stereocenters. The number of aliphatic hydroxyl groups is 1. The minimum absolute atomic E-state index is 0.0390. The van der Waals surface area contributed by atoms with Crippen molar-refractivity contribution in [1.82, 2.24) is 0 Å². The molecule has 4 aliphatic carbocycles. The number of rotatable bonds is 2. The highest BCUT2D eigenvalue weighted by Gasteiger charge is 2.69. The van der Waals surface area contributed by atoms with Gasteiger partial charge in [0.15, 0.2) is 18.2 Å². The van der Waals surface area contributed by atoms with Gasteiger partial charge in [-0.05, 0) is 48.8 Å². The summed E-state index contributed by atoms with van der Waals surface area (Å²) in [5.74, 6) is -2.41. The second kappa shape index (κ2) is 5.66. The first kappa shape index (κ1) is 18.7. The summed E-state index contributed by atoms with van der Waals surface area (Å²) in [4.78, 5) is 37.2. The van der Waals surface area contributed by atoms with Gasteiger partial charge in [0.05, 0.1) is 0 Å². The first-order valence-electron chi connectivity index (χ1n) is 9.52. The molecule has 3 fully saturated rings. The van der Waals surface area contributed by atoms with Gasteiger partial charge in [0.25, 0.3) is 0 Å². The molecule has 146 valence electrons. The Balaban J connectivity index is 1.79. The first-order chi connectivity index (χ1) is 12.6. The fourth-order valence-electron chi connectivity index (χ4n) is 6.62. The van der Waals surface area contributed by atoms with Crippen LogP contribution < -0.4 is 0 Å². The van der Waals surface area contributed by atoms with Gasteiger partial charge in [0.1, 0.15) is 17.6 Å². The van der Waals surface area contributed by atoms with Gasteiger partial charge in [-0.15, -0.1) is 0 Å². The van der Waals surface area contributed by atoms with E-state index in [-0.39, 0.29) is 42.7 Å². The molecular weight excluding hydrogens is 354 g/mol. The van der Waals surface area contributed by atoms with Crippen LogP contribution in [0.2, 0.25) is 0 Å². The Morgan fingerprint density at radius 3 is 2.70 bits per heavy atom. The van der Waals surface area contributed by atoms with E-state index in [4.69, 9.17) is 0 Å². The molecular formula is C21H24F2O4. The van der Waals surface area contributed by atoms with E-state index in [9.17, 15) is 23.9 Å². The Hall–Kier alpha value is -1.69. The molecule has 27 heavy (non-hydrogen) atoms. The molecule has 0 aliphatic heterocycles. The largest absolute Gasteiger partial charge is 0.381 e. The summed E-state index contributed by atoms with van der Waals surface area (Å²) in [7, 11) is 0. The van der Waals surface area contributed by atoms with Crippen LogP contribution in [0.4, 0.5) is 8.78 Å². The van der Waals surface area contributed by atoms with Gasteiger partial charge in [-0.3, -0.25) is 14.4 Å². The SMILES string of the molecule is C[C@]12C=CC(=O)C=C1[C@@H](F)C[C@@H]1[C@@H]2C(=O)C[C@@]2(C)[C@H]1CC[C@]2(O)C(=O)CF. The lowest BCUT2D eigenvalue weighted by Gasteiger charge is -2.57. The molecule has 0 bridgehead atoms. The molecule has 6 heteroatoms. The van der Waals surface area contributed by atoms with E-state index in [1.165, 1.54) is 12.2 Å². The van der Waals surface area contributed by atoms with Crippen LogP contribution in [-0.2, 0) is 14.4 Å². The molecule has 0 unspecified atom stereocenters. The lowest BCUT2D eigenvalue weighted by Crippen LogP contribution is -2.61. The smallest absolute Gasteiger partial charge is 0.195 e. The lowest BCUT2D eigenvalue weighted by atomic mass is 9.46. The summed E-state index contributed by atoms with van der Waals surface area (Å²) in [6.07, 6.45) is 3.57. The molecule has 0 spiro atoms. The van der Waals surface area contributed by atoms with Crippen molar-refractivity contribution in [2.75, 3.05) is 6.67 Å². The van der Waals surface area contributed by atoms with Gasteiger partial charge in [0.2, 0.25) is 0 Å². The van der Waals surface area contributed by atoms with E-state index < -0.39 is 41.0 Å². The summed E-state index contributed by atoms with van der Waals surface area (Å²) < 4.78 is 28.2. The number of Topliss-reactive ketones (excluding diaryl/α,β-unsaturated/α-hetero) is 2. The van der Waals surface area contributed by atoms with Crippen molar-refractivity contribution >= 4 is 17.3 Å². The van der Waals surface area contributed by atoms with E-state index in [0.29, 0.717) is 12.0 Å². The Morgan fingerprint density at radius 2 is 2.04 bits per heavy atom. The molecule has 4 aliphatic rings. The topological polar surface area (TPSA) is 71.4 Å². The van der Waals surface area contributed by atoms with Gasteiger partial charge < -0.3 is 5.11 Å². The normalized spacial score (nSPS) is 48.6. The van der Waals surface area contributed by atoms with Crippen molar-refractivity contribution in [1.29, 1.82) is 0 Å². The van der Waals surface area contributed by atoms with E-state index in [2.05, 4.69) is 0 Å². The number of hydrogen-bond donors (Lipinski definition) is 1. The molecule has 3 saturated carbocycles. The van der Waals surface area contributed by atoms with Gasteiger partial charge in [0, 0.05) is 23.2 Å². The van der Waals surface area contributed by atoms with E-state index >= 15 is 4.39 Å². The van der Waals surface area contributed by atoms with Crippen LogP contribution in [0.3, 0.4) is 0 Å². The number of alkyl halides is 2. The number of halogens is 2. The highest BCUT2D eigenvalue weighted by molar-refractivity contribution is 6.02. The van der Waals surface area contributed by atoms with E-state index in [1.807, 2.05) is 0 Å². The zero-order valence-electron chi connectivity index (χ0n) is 15.5. The van der Waals surface area contributed by atoms with Crippen molar-refractivity contribution in [2.24, 2.45) is 28.6 Å². The van der Waals surface area contributed by atoms with Gasteiger partial charge in [-0.25, -0.2) is 8.78 Å². The van der Waals surface area contributed by atoms with Crippen LogP contribution in [0, 0.1) is 28.6 Å². The molecule has 0 aromatic heterocycles. The number of fused-ring (bicyclic) bond motifs is 5. The highest BCUT2D eigenvalue weighted by Crippen LogP contribution is 2.66. The van der Waals surface area contributed by atoms with Crippen LogP contribution in [0.1, 0.15) is 39.5 Å². The number of ketones is 3. The lowest BCUT2D eigenvalue weighted by molar-refractivity contribution is -0.168. The van der Waals surface area contributed by atoms with Crippen molar-refractivity contribution < 1.29 is 28.3 Å². The predicted octanol–water partition coefficient (Wildman–Crippen LogP) is 2.69. The van der Waals surface area contributed by atoms with Crippen LogP contribution in [0.15, 0.2) is 23.8 Å². The molecule has 0 radical (unpaired) electrons. The Bertz CT molecular complexity index is 802. The Morgan fingerprint density at radius 1 is 1.33 bits per heavy atom. The maximum atomic E-state index is 15.1. The Labute approximate surface area is 156 Å². The van der Waals surface area contributed by atoms with Gasteiger partial charge in [-0.2, -0.15) is 0 Å². The minimum Gasteiger partial charge on any atom is -0.381 e. The quantitative estimate of drug-likeness (QED) is 0.802. The fraction of sp³-hybridized carbons (Fsp3) is 0.667. The van der Waals surface area contributed by atoms with E-state index in [1.54, 1.807) is 19.9 Å². The van der Waals surface area contributed by atoms with Crippen LogP contribution in [-0.4, -0.2) is 40.9 Å². The summed E-state index contributed by atoms with van der Waals surface area (Å²) >= 11 is 0. The van der Waals surface area contributed by atoms with Crippen molar-refractivity contribution in [3.63, 3.8) is 0 Å². The average Bonchev–Trinajstić information content (AvgIpc) is 2.87. The highest BCUT2D eigenvalue weighted by atomic mass is 19.1. The summed E-state index contributed by atoms with van der Waals surface area (Å²) in [5, 5.41) is 11.0. The second-order valence-corrected chi connectivity index (χ2v) is 9.09. The third-order valence-corrected chi connectivity index (χ3v) is 7.97. The maximum absolute atomic E-state index is 15.1. The zero-order chi connectivity index (χ0) is 19.8. The molecule has 4 nitrogen and oxygen atoms in total. The molecule has 0 saturated heterocycles. The third-order valence-electron chi connectivity index (χ3n) is 7.97. The minimum atomic E-state index is -1.88. The standard InChI is InChI=1S/C21H24F2O4/c1-19-5-3-11(24)7-14(19)15(23)8-12-13-4-6-21(27,17(26)10-22)20(13,2)9-16(25)18(12)19/h3,5,7,12-13,15,18,27H,4,6,8-10H2,1-2H3/t12-,13-,15-,18+,19-,20-,21-/m0/s1. The summed E-state index contributed by atoms with van der Waals surface area (Å²) in [6.45, 7) is 2.19. The molecule has 0 heterocycles. The molecule has 0 amide bonds. The number of carbonyl (C=O) groups is 3. The van der Waals surface area contributed by atoms with Crippen LogP contribution in [0.25, 0.3) is 0 Å². The summed E-state index contributed by atoms with van der Waals surface area (Å²) in [6, 6.07) is 0. The molecule has 4 rings (SSSR count). The maximum Gasteiger partial charge on any atom is 0.195 e. The first-order valence-corrected chi connectivity index (χ1v) is 9.52. The number of hydrogen-bond acceptors (Lipinski definition) is 4. The monoisotopic (exact) mass is 378 g/mol. The number of allylic oxidation sites excluding steroid dienone is 4. The Kier molecular flexibility index (Phi) is 3.91. The number of carbonyl (C=O) groups excluding carboxylic acids is 3. The van der Waals surface area contributed by atoms with Gasteiger partial charge in [-0.1, -0.05) is 19.9 Å². The van der Waals surface area contributed by atoms with Crippen LogP contribution in [0.5, 0.6) is 0 Å². The molecule has 0 aromatic rings. The molecule has 1 N–H and O–H groups in total. The van der Waals surface area contributed by atoms with E-state index in [0.717, 1.165) is 0 Å². The van der Waals surface area contributed by atoms with Crippen molar-refractivity contribution in [3.05, 3.63) is 23.8 Å². The average molecular weight is 378 g/mol. The fourth-order valence-corrected chi connectivity index (χ4v) is 6.62. The second-order valence-electron chi connectivity index (χ2n) is 9.09. The van der Waals surface area contributed by atoms with Crippen LogP contribution >= 0.6 is 0 Å².